The molecule has 0 aliphatic rings. The third kappa shape index (κ3) is 5.81. The van der Waals surface area contributed by atoms with Gasteiger partial charge >= 0.3 is 12.6 Å². The van der Waals surface area contributed by atoms with Crippen molar-refractivity contribution in [3.05, 3.63) is 71.5 Å². The van der Waals surface area contributed by atoms with Crippen molar-refractivity contribution in [2.75, 3.05) is 12.4 Å². The van der Waals surface area contributed by atoms with Gasteiger partial charge in [-0.15, -0.1) is 0 Å². The van der Waals surface area contributed by atoms with Crippen LogP contribution in [0.4, 0.5) is 19.3 Å². The van der Waals surface area contributed by atoms with Gasteiger partial charge in [0.1, 0.15) is 16.7 Å². The molecule has 0 atom stereocenters. The third-order valence-corrected chi connectivity index (χ3v) is 4.32. The molecule has 3 rings (SSSR count). The second-order valence-corrected chi connectivity index (χ2v) is 6.50. The zero-order chi connectivity index (χ0) is 21.5. The van der Waals surface area contributed by atoms with E-state index in [0.29, 0.717) is 27.7 Å². The lowest BCUT2D eigenvalue weighted by Crippen LogP contribution is -2.28. The fraction of sp³-hybridized carbons (Fsp3) is 0.143. The molecule has 9 heteroatoms. The van der Waals surface area contributed by atoms with Crippen LogP contribution in [0.5, 0.6) is 11.5 Å². The number of nitrogens with one attached hydrogen (secondary N) is 2. The maximum atomic E-state index is 12.8. The van der Waals surface area contributed by atoms with Crippen molar-refractivity contribution in [2.24, 2.45) is 0 Å². The number of hydrogen-bond acceptors (Lipinski definition) is 4. The van der Waals surface area contributed by atoms with Gasteiger partial charge in [0.05, 0.1) is 7.11 Å². The summed E-state index contributed by atoms with van der Waals surface area (Å²) in [6.45, 7) is -2.73. The fourth-order valence-corrected chi connectivity index (χ4v) is 2.78. The molecule has 0 saturated heterocycles. The van der Waals surface area contributed by atoms with Crippen LogP contribution in [0.2, 0.25) is 5.15 Å². The molecule has 156 valence electrons. The van der Waals surface area contributed by atoms with Crippen LogP contribution in [0, 0.1) is 0 Å². The van der Waals surface area contributed by atoms with Crippen molar-refractivity contribution in [3.8, 4) is 22.6 Å². The monoisotopic (exact) mass is 433 g/mol. The Morgan fingerprint density at radius 2 is 1.90 bits per heavy atom. The molecule has 2 aromatic carbocycles. The zero-order valence-corrected chi connectivity index (χ0v) is 16.6. The van der Waals surface area contributed by atoms with Crippen LogP contribution in [-0.4, -0.2) is 24.7 Å². The number of aromatic nitrogens is 1. The molecule has 6 nitrogen and oxygen atoms in total. The molecule has 0 spiro atoms. The van der Waals surface area contributed by atoms with Crippen molar-refractivity contribution in [1.29, 1.82) is 0 Å². The van der Waals surface area contributed by atoms with E-state index in [-0.39, 0.29) is 12.3 Å². The number of halogens is 3. The Kier molecular flexibility index (Phi) is 7.03. The number of ether oxygens (including phenoxy) is 2. The van der Waals surface area contributed by atoms with Gasteiger partial charge in [0.2, 0.25) is 0 Å². The highest BCUT2D eigenvalue weighted by atomic mass is 35.5. The number of carbonyl (C=O) groups excluding carboxylic acids is 1. The Morgan fingerprint density at radius 3 is 2.53 bits per heavy atom. The van der Waals surface area contributed by atoms with Gasteiger partial charge in [0.15, 0.2) is 0 Å². The van der Waals surface area contributed by atoms with E-state index in [1.54, 1.807) is 48.7 Å². The summed E-state index contributed by atoms with van der Waals surface area (Å²) in [5.74, 6) is 0.619. The highest BCUT2D eigenvalue weighted by molar-refractivity contribution is 6.29. The summed E-state index contributed by atoms with van der Waals surface area (Å²) >= 11 is 5.73. The van der Waals surface area contributed by atoms with E-state index in [4.69, 9.17) is 16.3 Å². The molecular weight excluding hydrogens is 416 g/mol. The van der Waals surface area contributed by atoms with Crippen molar-refractivity contribution in [2.45, 2.75) is 13.2 Å². The van der Waals surface area contributed by atoms with Crippen LogP contribution >= 0.6 is 11.6 Å². The minimum absolute atomic E-state index is 0.00614. The first-order valence-electron chi connectivity index (χ1n) is 8.83. The molecule has 2 N–H and O–H groups in total. The number of carbonyl (C=O) groups is 1. The molecule has 1 aromatic heterocycles. The normalized spacial score (nSPS) is 10.6. The molecule has 0 unspecified atom stereocenters. The van der Waals surface area contributed by atoms with Gasteiger partial charge in [0, 0.05) is 24.0 Å². The number of nitrogens with zero attached hydrogens (tertiary/aromatic N) is 1. The lowest BCUT2D eigenvalue weighted by Gasteiger charge is -2.14. The Bertz CT molecular complexity index is 999. The number of rotatable bonds is 7. The first kappa shape index (κ1) is 21.3. The molecule has 0 aliphatic carbocycles. The summed E-state index contributed by atoms with van der Waals surface area (Å²) in [7, 11) is 1.53. The average Bonchev–Trinajstić information content (AvgIpc) is 2.74. The predicted molar refractivity (Wildman–Crippen MR) is 110 cm³/mol. The van der Waals surface area contributed by atoms with E-state index < -0.39 is 12.6 Å². The molecule has 0 fully saturated rings. The number of anilines is 1. The molecule has 0 saturated carbocycles. The largest absolute Gasteiger partial charge is 0.497 e. The van der Waals surface area contributed by atoms with Gasteiger partial charge in [-0.05, 0) is 47.5 Å². The van der Waals surface area contributed by atoms with Crippen molar-refractivity contribution >= 4 is 23.3 Å². The predicted octanol–water partition coefficient (Wildman–Crippen LogP) is 5.33. The van der Waals surface area contributed by atoms with Gasteiger partial charge in [-0.1, -0.05) is 29.8 Å². The minimum atomic E-state index is -2.97. The Labute approximate surface area is 176 Å². The molecular formula is C21H18ClF2N3O3. The quantitative estimate of drug-likeness (QED) is 0.494. The van der Waals surface area contributed by atoms with E-state index in [9.17, 15) is 13.6 Å². The molecule has 0 bridgehead atoms. The molecule has 30 heavy (non-hydrogen) atoms. The van der Waals surface area contributed by atoms with Crippen molar-refractivity contribution < 1.29 is 23.0 Å². The van der Waals surface area contributed by atoms with Crippen molar-refractivity contribution in [1.82, 2.24) is 10.3 Å². The molecule has 1 heterocycles. The number of hydrogen-bond donors (Lipinski definition) is 2. The summed E-state index contributed by atoms with van der Waals surface area (Å²) in [4.78, 5) is 16.2. The number of methoxy groups -OCH3 is 1. The topological polar surface area (TPSA) is 72.5 Å². The second kappa shape index (κ2) is 9.89. The van der Waals surface area contributed by atoms with Gasteiger partial charge in [-0.2, -0.15) is 8.78 Å². The summed E-state index contributed by atoms with van der Waals surface area (Å²) in [5.41, 5.74) is 2.21. The van der Waals surface area contributed by atoms with Gasteiger partial charge < -0.3 is 20.1 Å². The molecule has 2 amide bonds. The molecule has 0 radical (unpaired) electrons. The summed E-state index contributed by atoms with van der Waals surface area (Å²) in [6, 6.07) is 14.2. The summed E-state index contributed by atoms with van der Waals surface area (Å²) in [5, 5.41) is 5.72. The lowest BCUT2D eigenvalue weighted by atomic mass is 10.0. The zero-order valence-electron chi connectivity index (χ0n) is 15.9. The molecule has 0 aliphatic heterocycles. The minimum Gasteiger partial charge on any atom is -0.497 e. The van der Waals surface area contributed by atoms with Gasteiger partial charge in [-0.3, -0.25) is 0 Å². The van der Waals surface area contributed by atoms with E-state index in [1.165, 1.54) is 19.2 Å². The Morgan fingerprint density at radius 1 is 1.13 bits per heavy atom. The van der Waals surface area contributed by atoms with Crippen LogP contribution in [0.15, 0.2) is 60.8 Å². The van der Waals surface area contributed by atoms with Crippen LogP contribution in [0.3, 0.4) is 0 Å². The number of urea groups is 1. The van der Waals surface area contributed by atoms with E-state index in [1.807, 2.05) is 0 Å². The first-order chi connectivity index (χ1) is 14.4. The Balaban J connectivity index is 1.75. The third-order valence-electron chi connectivity index (χ3n) is 4.10. The van der Waals surface area contributed by atoms with Gasteiger partial charge in [-0.25, -0.2) is 9.78 Å². The number of pyridine rings is 1. The fourth-order valence-electron chi connectivity index (χ4n) is 2.67. The maximum Gasteiger partial charge on any atom is 0.387 e. The molecule has 3 aromatic rings. The highest BCUT2D eigenvalue weighted by Gasteiger charge is 2.13. The van der Waals surface area contributed by atoms with Crippen molar-refractivity contribution in [3.63, 3.8) is 0 Å². The number of amides is 2. The van der Waals surface area contributed by atoms with E-state index in [2.05, 4.69) is 20.4 Å². The first-order valence-corrected chi connectivity index (χ1v) is 9.21. The standard InChI is InChI=1S/C21H18ClF2N3O3/c1-29-16-6-3-14(4-7-16)17-10-15(5-8-18(17)30-20(23)24)27-21(28)26-12-13-2-9-19(22)25-11-13/h2-11,20H,12H2,1H3,(H2,26,27,28). The summed E-state index contributed by atoms with van der Waals surface area (Å²) < 4.78 is 35.3. The number of alkyl halides is 2. The summed E-state index contributed by atoms with van der Waals surface area (Å²) in [6.07, 6.45) is 1.56. The van der Waals surface area contributed by atoms with Gasteiger partial charge in [0.25, 0.3) is 0 Å². The SMILES string of the molecule is COc1ccc(-c2cc(NC(=O)NCc3ccc(Cl)nc3)ccc2OC(F)F)cc1. The number of benzene rings is 2. The Hall–Kier alpha value is -3.39. The smallest absolute Gasteiger partial charge is 0.387 e. The maximum absolute atomic E-state index is 12.8. The van der Waals surface area contributed by atoms with Crippen LogP contribution in [-0.2, 0) is 6.54 Å². The van der Waals surface area contributed by atoms with Crippen LogP contribution in [0.25, 0.3) is 11.1 Å². The second-order valence-electron chi connectivity index (χ2n) is 6.11. The van der Waals surface area contributed by atoms with Crippen LogP contribution in [0.1, 0.15) is 5.56 Å². The average molecular weight is 434 g/mol. The van der Waals surface area contributed by atoms with E-state index in [0.717, 1.165) is 5.56 Å². The highest BCUT2D eigenvalue weighted by Crippen LogP contribution is 2.34. The lowest BCUT2D eigenvalue weighted by molar-refractivity contribution is -0.0494. The van der Waals surface area contributed by atoms with E-state index >= 15 is 0 Å². The van der Waals surface area contributed by atoms with Crippen LogP contribution < -0.4 is 20.1 Å².